The molecule has 1 N–H and O–H groups in total. The molecule has 43 heavy (non-hydrogen) atoms. The van der Waals surface area contributed by atoms with Crippen molar-refractivity contribution in [1.29, 1.82) is 0 Å². The van der Waals surface area contributed by atoms with E-state index in [-0.39, 0.29) is 50.1 Å². The molecule has 0 spiro atoms. The van der Waals surface area contributed by atoms with Crippen molar-refractivity contribution in [3.63, 3.8) is 0 Å². The van der Waals surface area contributed by atoms with Crippen LogP contribution in [0.5, 0.6) is 0 Å². The maximum atomic E-state index is 12.7. The Morgan fingerprint density at radius 1 is 0.488 bits per heavy atom. The summed E-state index contributed by atoms with van der Waals surface area (Å²) in [5.41, 5.74) is -2.39. The van der Waals surface area contributed by atoms with Crippen molar-refractivity contribution >= 4 is 23.9 Å². The maximum absolute atomic E-state index is 12.7. The number of carbonyl (C=O) groups is 4. The van der Waals surface area contributed by atoms with Crippen LogP contribution in [-0.4, -0.2) is 133 Å². The highest BCUT2D eigenvalue weighted by molar-refractivity contribution is 5.73. The summed E-state index contributed by atoms with van der Waals surface area (Å²) in [7, 11) is 1.82. The molecule has 0 aromatic rings. The molecule has 0 saturated heterocycles. The van der Waals surface area contributed by atoms with Gasteiger partial charge in [-0.3, -0.25) is 33.9 Å². The van der Waals surface area contributed by atoms with Crippen LogP contribution in [0.15, 0.2) is 0 Å². The van der Waals surface area contributed by atoms with E-state index in [2.05, 4.69) is 5.32 Å². The fourth-order valence-electron chi connectivity index (χ4n) is 3.73. The first-order valence-corrected chi connectivity index (χ1v) is 15.0. The summed E-state index contributed by atoms with van der Waals surface area (Å²) in [5, 5.41) is 3.07. The van der Waals surface area contributed by atoms with Gasteiger partial charge in [0.15, 0.2) is 0 Å². The lowest BCUT2D eigenvalue weighted by Crippen LogP contribution is -2.46. The molecule has 12 heteroatoms. The van der Waals surface area contributed by atoms with Crippen LogP contribution in [0.3, 0.4) is 0 Å². The van der Waals surface area contributed by atoms with E-state index in [1.807, 2.05) is 105 Å². The molecule has 252 valence electrons. The Balaban J connectivity index is 5.41. The van der Waals surface area contributed by atoms with Gasteiger partial charge in [0, 0.05) is 39.3 Å². The van der Waals surface area contributed by atoms with Crippen LogP contribution in [0.25, 0.3) is 0 Å². The molecule has 0 heterocycles. The maximum Gasteiger partial charge on any atom is 0.320 e. The van der Waals surface area contributed by atoms with Crippen LogP contribution in [0.2, 0.25) is 0 Å². The van der Waals surface area contributed by atoms with Crippen LogP contribution >= 0.6 is 0 Å². The first-order valence-electron chi connectivity index (χ1n) is 15.0. The van der Waals surface area contributed by atoms with Gasteiger partial charge in [0.1, 0.15) is 22.4 Å². The van der Waals surface area contributed by atoms with E-state index in [1.54, 1.807) is 0 Å². The number of nitrogens with one attached hydrogen (secondary N) is 1. The van der Waals surface area contributed by atoms with Crippen molar-refractivity contribution in [1.82, 2.24) is 20.0 Å². The predicted molar refractivity (Wildman–Crippen MR) is 167 cm³/mol. The Bertz CT molecular complexity index is 882. The molecule has 0 aliphatic carbocycles. The molecule has 0 rings (SSSR count). The number of nitrogens with zero attached hydrogens (tertiary/aromatic N) is 3. The predicted octanol–water partition coefficient (Wildman–Crippen LogP) is 2.48. The van der Waals surface area contributed by atoms with Gasteiger partial charge in [-0.25, -0.2) is 0 Å². The zero-order chi connectivity index (χ0) is 33.6. The largest absolute Gasteiger partial charge is 0.459 e. The smallest absolute Gasteiger partial charge is 0.320 e. The second-order valence-corrected chi connectivity index (χ2v) is 14.8. The van der Waals surface area contributed by atoms with E-state index in [4.69, 9.17) is 18.9 Å². The molecule has 0 bridgehead atoms. The molecule has 0 aromatic heterocycles. The quantitative estimate of drug-likeness (QED) is 0.147. The Morgan fingerprint density at radius 3 is 1.21 bits per heavy atom. The van der Waals surface area contributed by atoms with Gasteiger partial charge in [-0.05, 0) is 90.1 Å². The summed E-state index contributed by atoms with van der Waals surface area (Å²) in [6, 6.07) is 0. The highest BCUT2D eigenvalue weighted by Gasteiger charge is 2.23. The number of esters is 4. The average molecular weight is 617 g/mol. The minimum absolute atomic E-state index is 0.0458. The Kier molecular flexibility index (Phi) is 16.9. The van der Waals surface area contributed by atoms with Gasteiger partial charge in [0.25, 0.3) is 0 Å². The third kappa shape index (κ3) is 25.9. The minimum Gasteiger partial charge on any atom is -0.459 e. The lowest BCUT2D eigenvalue weighted by molar-refractivity contribution is -0.158. The van der Waals surface area contributed by atoms with E-state index in [9.17, 15) is 19.2 Å². The van der Waals surface area contributed by atoms with E-state index in [1.165, 1.54) is 0 Å². The number of hydrogen-bond acceptors (Lipinski definition) is 12. The summed E-state index contributed by atoms with van der Waals surface area (Å²) >= 11 is 0. The molecule has 0 aromatic carbocycles. The molecule has 12 nitrogen and oxygen atoms in total. The number of hydrogen-bond donors (Lipinski definition) is 1. The van der Waals surface area contributed by atoms with E-state index < -0.39 is 22.4 Å². The third-order valence-electron chi connectivity index (χ3n) is 5.19. The summed E-state index contributed by atoms with van der Waals surface area (Å²) in [4.78, 5) is 55.4. The van der Waals surface area contributed by atoms with Crippen molar-refractivity contribution in [2.45, 2.75) is 105 Å². The summed E-state index contributed by atoms with van der Waals surface area (Å²) < 4.78 is 21.8. The normalized spacial score (nSPS) is 12.9. The highest BCUT2D eigenvalue weighted by Crippen LogP contribution is 2.10. The van der Waals surface area contributed by atoms with Crippen molar-refractivity contribution in [2.24, 2.45) is 0 Å². The van der Waals surface area contributed by atoms with Crippen LogP contribution in [0, 0.1) is 0 Å². The molecule has 0 fully saturated rings. The Hall–Kier alpha value is -2.28. The monoisotopic (exact) mass is 616 g/mol. The number of rotatable bonds is 17. The van der Waals surface area contributed by atoms with Gasteiger partial charge in [-0.15, -0.1) is 0 Å². The van der Waals surface area contributed by atoms with Gasteiger partial charge < -0.3 is 24.3 Å². The van der Waals surface area contributed by atoms with Crippen molar-refractivity contribution in [3.05, 3.63) is 0 Å². The average Bonchev–Trinajstić information content (AvgIpc) is 2.72. The second-order valence-electron chi connectivity index (χ2n) is 14.8. The topological polar surface area (TPSA) is 127 Å². The molecule has 0 atom stereocenters. The lowest BCUT2D eigenvalue weighted by atomic mass is 10.2. The number of ether oxygens (including phenoxy) is 4. The molecule has 0 unspecified atom stereocenters. The lowest BCUT2D eigenvalue weighted by Gasteiger charge is -2.30. The van der Waals surface area contributed by atoms with E-state index >= 15 is 0 Å². The van der Waals surface area contributed by atoms with Gasteiger partial charge >= 0.3 is 23.9 Å². The minimum atomic E-state index is -0.626. The van der Waals surface area contributed by atoms with Crippen LogP contribution in [-0.2, 0) is 38.1 Å². The summed E-state index contributed by atoms with van der Waals surface area (Å²) in [5.74, 6) is -1.41. The van der Waals surface area contributed by atoms with Gasteiger partial charge in [0.2, 0.25) is 0 Å². The first-order chi connectivity index (χ1) is 19.3. The zero-order valence-electron chi connectivity index (χ0n) is 29.2. The molecule has 0 saturated carbocycles. The second kappa shape index (κ2) is 17.9. The highest BCUT2D eigenvalue weighted by atomic mass is 16.6. The fraction of sp³-hybridized carbons (Fsp3) is 0.871. The van der Waals surface area contributed by atoms with Gasteiger partial charge in [-0.1, -0.05) is 0 Å². The number of carbonyl (C=O) groups excluding carboxylic acids is 4. The van der Waals surface area contributed by atoms with Crippen molar-refractivity contribution < 1.29 is 38.1 Å². The standard InChI is InChI=1S/C31H60N4O8/c1-28(2,3)40-24(36)20-32-14-15-34(22-26(38)42-30(7,8)9)18-19-35(23-27(39)43-31(10,11)12)17-16-33(13)21-25(37)41-29(4,5)6/h32H,14-23H2,1-13H3. The van der Waals surface area contributed by atoms with E-state index in [0.29, 0.717) is 39.3 Å². The SMILES string of the molecule is CN(CCN(CCN(CCNCC(=O)OC(C)(C)C)CC(=O)OC(C)(C)C)CC(=O)OC(C)(C)C)CC(=O)OC(C)(C)C. The third-order valence-corrected chi connectivity index (χ3v) is 5.19. The summed E-state index contributed by atoms with van der Waals surface area (Å²) in [6.45, 7) is 24.8. The summed E-state index contributed by atoms with van der Waals surface area (Å²) in [6.07, 6.45) is 0. The van der Waals surface area contributed by atoms with Crippen molar-refractivity contribution in [3.8, 4) is 0 Å². The van der Waals surface area contributed by atoms with Crippen LogP contribution in [0.1, 0.15) is 83.1 Å². The molecule has 0 aliphatic rings. The van der Waals surface area contributed by atoms with Gasteiger partial charge in [-0.2, -0.15) is 0 Å². The number of likely N-dealkylation sites (N-methyl/N-ethyl adjacent to an activating group) is 1. The molecular weight excluding hydrogens is 556 g/mol. The fourth-order valence-corrected chi connectivity index (χ4v) is 3.73. The van der Waals surface area contributed by atoms with Crippen LogP contribution < -0.4 is 5.32 Å². The van der Waals surface area contributed by atoms with E-state index in [0.717, 1.165) is 0 Å². The zero-order valence-corrected chi connectivity index (χ0v) is 29.2. The Morgan fingerprint density at radius 2 is 0.814 bits per heavy atom. The molecule has 0 aliphatic heterocycles. The van der Waals surface area contributed by atoms with Crippen LogP contribution in [0.4, 0.5) is 0 Å². The van der Waals surface area contributed by atoms with Crippen molar-refractivity contribution in [2.75, 3.05) is 72.5 Å². The Labute approximate surface area is 260 Å². The molecule has 0 radical (unpaired) electrons. The van der Waals surface area contributed by atoms with Gasteiger partial charge in [0.05, 0.1) is 26.2 Å². The first kappa shape index (κ1) is 40.7. The molecule has 0 amide bonds. The molecular formula is C31H60N4O8.